The molecule has 0 unspecified atom stereocenters. The number of carbonyl (C=O) groups is 2. The number of aliphatic hydroxyl groups excluding tert-OH is 1. The van der Waals surface area contributed by atoms with E-state index in [0.717, 1.165) is 0 Å². The molecule has 6 heteroatoms. The molecule has 17 heavy (non-hydrogen) atoms. The predicted octanol–water partition coefficient (Wildman–Crippen LogP) is -0.379. The maximum atomic E-state index is 11.4. The van der Waals surface area contributed by atoms with E-state index >= 15 is 0 Å². The molecule has 1 atom stereocenters. The highest BCUT2D eigenvalue weighted by molar-refractivity contribution is 5.85. The van der Waals surface area contributed by atoms with Crippen molar-refractivity contribution in [3.63, 3.8) is 0 Å². The van der Waals surface area contributed by atoms with Crippen LogP contribution in [0.4, 0.5) is 4.79 Å². The van der Waals surface area contributed by atoms with Gasteiger partial charge in [-0.1, -0.05) is 5.92 Å². The van der Waals surface area contributed by atoms with Crippen LogP contribution in [0.2, 0.25) is 0 Å². The lowest BCUT2D eigenvalue weighted by Crippen LogP contribution is -2.50. The van der Waals surface area contributed by atoms with E-state index in [1.54, 1.807) is 20.8 Å². The van der Waals surface area contributed by atoms with Crippen molar-refractivity contribution in [2.24, 2.45) is 0 Å². The van der Waals surface area contributed by atoms with Crippen molar-refractivity contribution >= 4 is 12.0 Å². The van der Waals surface area contributed by atoms with Gasteiger partial charge in [0.25, 0.3) is 0 Å². The van der Waals surface area contributed by atoms with E-state index in [-0.39, 0.29) is 6.54 Å². The number of aliphatic hydroxyl groups is 1. The standard InChI is InChI=1S/C11H18N2O4/c1-5-6-12-9(15)8(7-14)13-10(16)17-11(2,3)4/h1,8,14H,6-7H2,2-4H3,(H,12,15)(H,13,16)/t8-/m0/s1. The van der Waals surface area contributed by atoms with Crippen LogP contribution in [0.5, 0.6) is 0 Å². The Kier molecular flexibility index (Phi) is 6.07. The Labute approximate surface area is 101 Å². The Hall–Kier alpha value is -1.74. The van der Waals surface area contributed by atoms with Crippen LogP contribution in [-0.2, 0) is 9.53 Å². The summed E-state index contributed by atoms with van der Waals surface area (Å²) in [7, 11) is 0. The second-order valence-electron chi connectivity index (χ2n) is 4.30. The van der Waals surface area contributed by atoms with E-state index in [2.05, 4.69) is 16.6 Å². The van der Waals surface area contributed by atoms with Crippen LogP contribution in [0, 0.1) is 12.3 Å². The zero-order chi connectivity index (χ0) is 13.5. The Morgan fingerprint density at radius 2 is 2.06 bits per heavy atom. The van der Waals surface area contributed by atoms with Gasteiger partial charge in [-0.05, 0) is 20.8 Å². The third-order valence-electron chi connectivity index (χ3n) is 1.55. The van der Waals surface area contributed by atoms with Gasteiger partial charge in [0.05, 0.1) is 13.2 Å². The minimum absolute atomic E-state index is 0.0331. The number of carbonyl (C=O) groups excluding carboxylic acids is 2. The van der Waals surface area contributed by atoms with Gasteiger partial charge in [0, 0.05) is 0 Å². The summed E-state index contributed by atoms with van der Waals surface area (Å²) in [5, 5.41) is 13.5. The van der Waals surface area contributed by atoms with E-state index in [9.17, 15) is 9.59 Å². The molecule has 0 rings (SSSR count). The third-order valence-corrected chi connectivity index (χ3v) is 1.55. The minimum atomic E-state index is -1.07. The maximum absolute atomic E-state index is 11.4. The van der Waals surface area contributed by atoms with Crippen LogP contribution in [-0.4, -0.2) is 41.9 Å². The summed E-state index contributed by atoms with van der Waals surface area (Å²) in [5.41, 5.74) is -0.667. The summed E-state index contributed by atoms with van der Waals surface area (Å²) < 4.78 is 4.94. The summed E-state index contributed by atoms with van der Waals surface area (Å²) in [6.45, 7) is 4.58. The normalized spacial score (nSPS) is 12.2. The molecular weight excluding hydrogens is 224 g/mol. The van der Waals surface area contributed by atoms with Crippen LogP contribution in [0.1, 0.15) is 20.8 Å². The Bertz CT molecular complexity index is 314. The molecule has 0 saturated carbocycles. The van der Waals surface area contributed by atoms with Gasteiger partial charge in [-0.3, -0.25) is 4.79 Å². The molecule has 0 aromatic heterocycles. The molecule has 0 aromatic carbocycles. The van der Waals surface area contributed by atoms with Crippen molar-refractivity contribution in [2.75, 3.05) is 13.2 Å². The minimum Gasteiger partial charge on any atom is -0.444 e. The molecule has 2 amide bonds. The average molecular weight is 242 g/mol. The smallest absolute Gasteiger partial charge is 0.408 e. The Morgan fingerprint density at radius 1 is 1.47 bits per heavy atom. The molecular formula is C11H18N2O4. The molecule has 0 aliphatic carbocycles. The summed E-state index contributed by atoms with van der Waals surface area (Å²) >= 11 is 0. The lowest BCUT2D eigenvalue weighted by atomic mass is 10.2. The van der Waals surface area contributed by atoms with Crippen molar-refractivity contribution < 1.29 is 19.4 Å². The molecule has 0 aliphatic rings. The van der Waals surface area contributed by atoms with E-state index < -0.39 is 30.3 Å². The molecule has 96 valence electrons. The van der Waals surface area contributed by atoms with Crippen LogP contribution in [0.3, 0.4) is 0 Å². The number of terminal acetylenes is 1. The van der Waals surface area contributed by atoms with Gasteiger partial charge in [-0.25, -0.2) is 4.79 Å². The largest absolute Gasteiger partial charge is 0.444 e. The maximum Gasteiger partial charge on any atom is 0.408 e. The average Bonchev–Trinajstić information content (AvgIpc) is 2.19. The first-order valence-corrected chi connectivity index (χ1v) is 5.11. The topological polar surface area (TPSA) is 87.7 Å². The highest BCUT2D eigenvalue weighted by Crippen LogP contribution is 2.06. The first-order valence-electron chi connectivity index (χ1n) is 5.11. The van der Waals surface area contributed by atoms with Gasteiger partial charge in [0.2, 0.25) is 5.91 Å². The van der Waals surface area contributed by atoms with Gasteiger partial charge in [0.15, 0.2) is 0 Å². The van der Waals surface area contributed by atoms with Crippen molar-refractivity contribution in [3.8, 4) is 12.3 Å². The highest BCUT2D eigenvalue weighted by atomic mass is 16.6. The second-order valence-corrected chi connectivity index (χ2v) is 4.30. The van der Waals surface area contributed by atoms with Crippen molar-refractivity contribution in [2.45, 2.75) is 32.4 Å². The molecule has 0 bridgehead atoms. The summed E-state index contributed by atoms with van der Waals surface area (Å²) in [6, 6.07) is -1.07. The Balaban J connectivity index is 4.26. The quantitative estimate of drug-likeness (QED) is 0.586. The lowest BCUT2D eigenvalue weighted by Gasteiger charge is -2.22. The van der Waals surface area contributed by atoms with E-state index in [0.29, 0.717) is 0 Å². The van der Waals surface area contributed by atoms with Gasteiger partial charge < -0.3 is 20.5 Å². The first-order chi connectivity index (χ1) is 7.80. The number of hydrogen-bond acceptors (Lipinski definition) is 4. The zero-order valence-corrected chi connectivity index (χ0v) is 10.2. The summed E-state index contributed by atoms with van der Waals surface area (Å²) in [4.78, 5) is 22.7. The molecule has 6 nitrogen and oxygen atoms in total. The van der Waals surface area contributed by atoms with Gasteiger partial charge >= 0.3 is 6.09 Å². The number of rotatable bonds is 4. The van der Waals surface area contributed by atoms with Crippen molar-refractivity contribution in [1.82, 2.24) is 10.6 Å². The summed E-state index contributed by atoms with van der Waals surface area (Å²) in [6.07, 6.45) is 4.19. The number of hydrogen-bond donors (Lipinski definition) is 3. The fourth-order valence-electron chi connectivity index (χ4n) is 0.905. The molecule has 3 N–H and O–H groups in total. The number of amides is 2. The van der Waals surface area contributed by atoms with Gasteiger partial charge in [-0.15, -0.1) is 6.42 Å². The number of ether oxygens (including phenoxy) is 1. The van der Waals surface area contributed by atoms with Crippen molar-refractivity contribution in [3.05, 3.63) is 0 Å². The second kappa shape index (κ2) is 6.76. The fourth-order valence-corrected chi connectivity index (χ4v) is 0.905. The SMILES string of the molecule is C#CCNC(=O)[C@H](CO)NC(=O)OC(C)(C)C. The monoisotopic (exact) mass is 242 g/mol. The highest BCUT2D eigenvalue weighted by Gasteiger charge is 2.23. The number of alkyl carbamates (subject to hydrolysis) is 1. The molecule has 0 fully saturated rings. The molecule has 0 saturated heterocycles. The summed E-state index contributed by atoms with van der Waals surface area (Å²) in [5.74, 6) is 1.65. The first kappa shape index (κ1) is 15.3. The molecule has 0 heterocycles. The van der Waals surface area contributed by atoms with Crippen LogP contribution in [0.25, 0.3) is 0 Å². The van der Waals surface area contributed by atoms with Crippen LogP contribution >= 0.6 is 0 Å². The van der Waals surface area contributed by atoms with Crippen molar-refractivity contribution in [1.29, 1.82) is 0 Å². The lowest BCUT2D eigenvalue weighted by molar-refractivity contribution is -0.123. The third kappa shape index (κ3) is 7.19. The van der Waals surface area contributed by atoms with E-state index in [1.165, 1.54) is 0 Å². The molecule has 0 spiro atoms. The number of nitrogens with one attached hydrogen (secondary N) is 2. The van der Waals surface area contributed by atoms with Crippen LogP contribution in [0.15, 0.2) is 0 Å². The van der Waals surface area contributed by atoms with Gasteiger partial charge in [-0.2, -0.15) is 0 Å². The predicted molar refractivity (Wildman–Crippen MR) is 62.1 cm³/mol. The molecule has 0 aliphatic heterocycles. The van der Waals surface area contributed by atoms with E-state index in [4.69, 9.17) is 16.3 Å². The molecule has 0 radical (unpaired) electrons. The van der Waals surface area contributed by atoms with Crippen LogP contribution < -0.4 is 10.6 Å². The molecule has 0 aromatic rings. The fraction of sp³-hybridized carbons (Fsp3) is 0.636. The van der Waals surface area contributed by atoms with E-state index in [1.807, 2.05) is 0 Å². The zero-order valence-electron chi connectivity index (χ0n) is 10.2. The van der Waals surface area contributed by atoms with Gasteiger partial charge in [0.1, 0.15) is 11.6 Å². The Morgan fingerprint density at radius 3 is 2.47 bits per heavy atom.